The zero-order valence-electron chi connectivity index (χ0n) is 7.74. The fourth-order valence-electron chi connectivity index (χ4n) is 1.67. The van der Waals surface area contributed by atoms with Crippen molar-refractivity contribution in [3.05, 3.63) is 42.0 Å². The lowest BCUT2D eigenvalue weighted by Crippen LogP contribution is -2.17. The van der Waals surface area contributed by atoms with Crippen molar-refractivity contribution in [3.63, 3.8) is 0 Å². The molecule has 1 heterocycles. The molecule has 1 aromatic carbocycles. The summed E-state index contributed by atoms with van der Waals surface area (Å²) in [6.45, 7) is 1.17. The lowest BCUT2D eigenvalue weighted by molar-refractivity contribution is 0.730. The van der Waals surface area contributed by atoms with Gasteiger partial charge in [0.1, 0.15) is 0 Å². The normalized spacial score (nSPS) is 22.6. The number of nitrogens with one attached hydrogen (secondary N) is 1. The maximum atomic E-state index is 3.44. The van der Waals surface area contributed by atoms with Gasteiger partial charge in [0.05, 0.1) is 0 Å². The molecule has 0 radical (unpaired) electrons. The molecular formula is C12H15N. The molecule has 1 aliphatic rings. The lowest BCUT2D eigenvalue weighted by Gasteiger charge is -2.01. The molecule has 1 atom stereocenters. The molecule has 1 aromatic rings. The van der Waals surface area contributed by atoms with Crippen LogP contribution in [-0.4, -0.2) is 12.6 Å². The zero-order chi connectivity index (χ0) is 8.93. The highest BCUT2D eigenvalue weighted by atomic mass is 14.9. The van der Waals surface area contributed by atoms with Gasteiger partial charge in [0.25, 0.3) is 0 Å². The quantitative estimate of drug-likeness (QED) is 0.724. The van der Waals surface area contributed by atoms with E-state index in [2.05, 4.69) is 41.7 Å². The second-order valence-electron chi connectivity index (χ2n) is 3.47. The SMILES string of the molecule is C(=C[C@@H]1CCCN1)c1ccccc1. The van der Waals surface area contributed by atoms with E-state index >= 15 is 0 Å². The first-order valence-corrected chi connectivity index (χ1v) is 4.92. The van der Waals surface area contributed by atoms with Gasteiger partial charge in [0.15, 0.2) is 0 Å². The molecule has 13 heavy (non-hydrogen) atoms. The van der Waals surface area contributed by atoms with E-state index in [4.69, 9.17) is 0 Å². The third-order valence-corrected chi connectivity index (χ3v) is 2.42. The molecule has 1 heteroatoms. The van der Waals surface area contributed by atoms with E-state index in [0.717, 1.165) is 0 Å². The highest BCUT2D eigenvalue weighted by Crippen LogP contribution is 2.08. The third kappa shape index (κ3) is 2.43. The average Bonchev–Trinajstić information content (AvgIpc) is 2.69. The summed E-state index contributed by atoms with van der Waals surface area (Å²) in [5, 5.41) is 3.44. The summed E-state index contributed by atoms with van der Waals surface area (Å²) in [7, 11) is 0. The second-order valence-corrected chi connectivity index (χ2v) is 3.47. The molecular weight excluding hydrogens is 158 g/mol. The highest BCUT2D eigenvalue weighted by Gasteiger charge is 2.09. The molecule has 0 bridgehead atoms. The maximum absolute atomic E-state index is 3.44. The van der Waals surface area contributed by atoms with Crippen molar-refractivity contribution in [2.24, 2.45) is 0 Å². The van der Waals surface area contributed by atoms with Gasteiger partial charge in [-0.1, -0.05) is 42.5 Å². The summed E-state index contributed by atoms with van der Waals surface area (Å²) in [6.07, 6.45) is 7.05. The topological polar surface area (TPSA) is 12.0 Å². The Morgan fingerprint density at radius 1 is 1.23 bits per heavy atom. The molecule has 0 unspecified atom stereocenters. The van der Waals surface area contributed by atoms with E-state index in [1.54, 1.807) is 0 Å². The molecule has 0 spiro atoms. The standard InChI is InChI=1S/C12H15N/c1-2-5-11(6-3-1)8-9-12-7-4-10-13-12/h1-3,5-6,8-9,12-13H,4,7,10H2/t12-/m0/s1. The first kappa shape index (κ1) is 8.52. The van der Waals surface area contributed by atoms with Crippen molar-refractivity contribution in [1.82, 2.24) is 5.32 Å². The van der Waals surface area contributed by atoms with E-state index in [9.17, 15) is 0 Å². The van der Waals surface area contributed by atoms with Gasteiger partial charge in [-0.05, 0) is 24.9 Å². The predicted molar refractivity (Wildman–Crippen MR) is 56.5 cm³/mol. The second kappa shape index (κ2) is 4.24. The molecule has 1 nitrogen and oxygen atoms in total. The molecule has 0 aromatic heterocycles. The Hall–Kier alpha value is -1.08. The summed E-state index contributed by atoms with van der Waals surface area (Å²) in [5.74, 6) is 0. The maximum Gasteiger partial charge on any atom is 0.0253 e. The van der Waals surface area contributed by atoms with Crippen LogP contribution in [0.4, 0.5) is 0 Å². The van der Waals surface area contributed by atoms with Crippen LogP contribution in [0.5, 0.6) is 0 Å². The van der Waals surface area contributed by atoms with Gasteiger partial charge in [-0.15, -0.1) is 0 Å². The molecule has 68 valence electrons. The number of rotatable bonds is 2. The summed E-state index contributed by atoms with van der Waals surface area (Å²) in [5.41, 5.74) is 1.29. The Labute approximate surface area is 79.5 Å². The zero-order valence-corrected chi connectivity index (χ0v) is 7.74. The molecule has 0 saturated carbocycles. The van der Waals surface area contributed by atoms with Gasteiger partial charge in [0, 0.05) is 6.04 Å². The Kier molecular flexibility index (Phi) is 2.78. The van der Waals surface area contributed by atoms with Crippen LogP contribution in [0.1, 0.15) is 18.4 Å². The van der Waals surface area contributed by atoms with E-state index < -0.39 is 0 Å². The number of hydrogen-bond acceptors (Lipinski definition) is 1. The minimum Gasteiger partial charge on any atom is -0.311 e. The minimum atomic E-state index is 0.597. The van der Waals surface area contributed by atoms with Crippen LogP contribution < -0.4 is 5.32 Å². The molecule has 0 aliphatic carbocycles. The smallest absolute Gasteiger partial charge is 0.0253 e. The fourth-order valence-corrected chi connectivity index (χ4v) is 1.67. The van der Waals surface area contributed by atoms with E-state index in [1.807, 2.05) is 6.07 Å². The first-order valence-electron chi connectivity index (χ1n) is 4.92. The summed E-state index contributed by atoms with van der Waals surface area (Å²) >= 11 is 0. The molecule has 1 saturated heterocycles. The third-order valence-electron chi connectivity index (χ3n) is 2.42. The fraction of sp³-hybridized carbons (Fsp3) is 0.333. The van der Waals surface area contributed by atoms with Crippen molar-refractivity contribution in [1.29, 1.82) is 0 Å². The van der Waals surface area contributed by atoms with Gasteiger partial charge in [-0.3, -0.25) is 0 Å². The van der Waals surface area contributed by atoms with Gasteiger partial charge < -0.3 is 5.32 Å². The largest absolute Gasteiger partial charge is 0.311 e. The number of hydrogen-bond donors (Lipinski definition) is 1. The van der Waals surface area contributed by atoms with Crippen molar-refractivity contribution in [2.75, 3.05) is 6.54 Å². The highest BCUT2D eigenvalue weighted by molar-refractivity contribution is 5.49. The summed E-state index contributed by atoms with van der Waals surface area (Å²) in [4.78, 5) is 0. The van der Waals surface area contributed by atoms with Crippen molar-refractivity contribution < 1.29 is 0 Å². The van der Waals surface area contributed by atoms with Crippen LogP contribution in [0, 0.1) is 0 Å². The van der Waals surface area contributed by atoms with Crippen LogP contribution in [0.3, 0.4) is 0 Å². The Morgan fingerprint density at radius 3 is 2.77 bits per heavy atom. The lowest BCUT2D eigenvalue weighted by atomic mass is 10.1. The molecule has 2 rings (SSSR count). The van der Waals surface area contributed by atoms with E-state index in [-0.39, 0.29) is 0 Å². The average molecular weight is 173 g/mol. The minimum absolute atomic E-state index is 0.597. The summed E-state index contributed by atoms with van der Waals surface area (Å²) < 4.78 is 0. The van der Waals surface area contributed by atoms with Gasteiger partial charge in [0.2, 0.25) is 0 Å². The van der Waals surface area contributed by atoms with E-state index in [1.165, 1.54) is 24.9 Å². The molecule has 1 fully saturated rings. The Morgan fingerprint density at radius 2 is 2.08 bits per heavy atom. The van der Waals surface area contributed by atoms with E-state index in [0.29, 0.717) is 6.04 Å². The monoisotopic (exact) mass is 173 g/mol. The van der Waals surface area contributed by atoms with Crippen molar-refractivity contribution in [3.8, 4) is 0 Å². The first-order chi connectivity index (χ1) is 6.45. The van der Waals surface area contributed by atoms with Crippen LogP contribution >= 0.6 is 0 Å². The number of benzene rings is 1. The molecule has 1 aliphatic heterocycles. The molecule has 0 amide bonds. The predicted octanol–water partition coefficient (Wildman–Crippen LogP) is 2.45. The van der Waals surface area contributed by atoms with Crippen LogP contribution in [0.25, 0.3) is 6.08 Å². The summed E-state index contributed by atoms with van der Waals surface area (Å²) in [6, 6.07) is 11.0. The van der Waals surface area contributed by atoms with Crippen LogP contribution in [-0.2, 0) is 0 Å². The van der Waals surface area contributed by atoms with Gasteiger partial charge in [-0.2, -0.15) is 0 Å². The Balaban J connectivity index is 1.97. The van der Waals surface area contributed by atoms with Crippen LogP contribution in [0.15, 0.2) is 36.4 Å². The van der Waals surface area contributed by atoms with Crippen LogP contribution in [0.2, 0.25) is 0 Å². The van der Waals surface area contributed by atoms with Gasteiger partial charge >= 0.3 is 0 Å². The Bertz CT molecular complexity index is 270. The van der Waals surface area contributed by atoms with Gasteiger partial charge in [-0.25, -0.2) is 0 Å². The van der Waals surface area contributed by atoms with Crippen molar-refractivity contribution >= 4 is 6.08 Å². The molecule has 1 N–H and O–H groups in total. The van der Waals surface area contributed by atoms with Crippen molar-refractivity contribution in [2.45, 2.75) is 18.9 Å².